The molecular weight excluding hydrogens is 378 g/mol. The smallest absolute Gasteiger partial charge is 0.238 e. The van der Waals surface area contributed by atoms with Gasteiger partial charge in [0.05, 0.1) is 6.54 Å². The molecule has 2 heterocycles. The molecule has 0 atom stereocenters. The van der Waals surface area contributed by atoms with Crippen molar-refractivity contribution in [2.45, 2.75) is 6.54 Å². The van der Waals surface area contributed by atoms with Crippen LogP contribution in [-0.4, -0.2) is 61.6 Å². The van der Waals surface area contributed by atoms with Gasteiger partial charge in [-0.2, -0.15) is 0 Å². The Hall–Kier alpha value is -2.28. The number of anilines is 1. The standard InChI is InChI=1S/C21H24ClN3O3/c22-17-3-1-2-16(12-17)14-24-6-8-25(9-7-24)15-21(26)23-18-4-5-19-20(13-18)28-11-10-27-19/h1-5,12-13H,6-11,14-15H2,(H,23,26). The van der Waals surface area contributed by atoms with Crippen LogP contribution in [0.15, 0.2) is 42.5 Å². The van der Waals surface area contributed by atoms with Crippen molar-refractivity contribution < 1.29 is 14.3 Å². The summed E-state index contributed by atoms with van der Waals surface area (Å²) in [6.07, 6.45) is 0. The maximum absolute atomic E-state index is 12.4. The van der Waals surface area contributed by atoms with Crippen molar-refractivity contribution in [2.75, 3.05) is 51.3 Å². The molecule has 1 N–H and O–H groups in total. The Morgan fingerprint density at radius 1 is 0.964 bits per heavy atom. The third-order valence-electron chi connectivity index (χ3n) is 4.95. The Kier molecular flexibility index (Phi) is 6.00. The highest BCUT2D eigenvalue weighted by Crippen LogP contribution is 2.32. The fraction of sp³-hybridized carbons (Fsp3) is 0.381. The first-order valence-corrected chi connectivity index (χ1v) is 9.92. The number of hydrogen-bond acceptors (Lipinski definition) is 5. The summed E-state index contributed by atoms with van der Waals surface area (Å²) >= 11 is 6.06. The molecule has 4 rings (SSSR count). The Morgan fingerprint density at radius 2 is 1.71 bits per heavy atom. The zero-order chi connectivity index (χ0) is 19.3. The molecule has 0 aromatic heterocycles. The van der Waals surface area contributed by atoms with E-state index in [1.807, 2.05) is 36.4 Å². The summed E-state index contributed by atoms with van der Waals surface area (Å²) in [5, 5.41) is 3.72. The number of benzene rings is 2. The van der Waals surface area contributed by atoms with Crippen molar-refractivity contribution in [3.05, 3.63) is 53.1 Å². The fourth-order valence-electron chi connectivity index (χ4n) is 3.52. The van der Waals surface area contributed by atoms with Crippen LogP contribution in [0.4, 0.5) is 5.69 Å². The van der Waals surface area contributed by atoms with E-state index in [9.17, 15) is 4.79 Å². The molecule has 2 aromatic rings. The minimum absolute atomic E-state index is 0.0139. The molecule has 1 saturated heterocycles. The summed E-state index contributed by atoms with van der Waals surface area (Å²) < 4.78 is 11.1. The first kappa shape index (κ1) is 19.1. The average molecular weight is 402 g/mol. The summed E-state index contributed by atoms with van der Waals surface area (Å²) in [4.78, 5) is 17.0. The van der Waals surface area contributed by atoms with Gasteiger partial charge in [0.1, 0.15) is 13.2 Å². The van der Waals surface area contributed by atoms with Gasteiger partial charge in [-0.3, -0.25) is 14.6 Å². The normalized spacial score (nSPS) is 17.3. The molecule has 7 heteroatoms. The van der Waals surface area contributed by atoms with Crippen molar-refractivity contribution in [2.24, 2.45) is 0 Å². The molecule has 1 amide bonds. The van der Waals surface area contributed by atoms with Gasteiger partial charge in [0.2, 0.25) is 5.91 Å². The van der Waals surface area contributed by atoms with E-state index in [-0.39, 0.29) is 5.91 Å². The molecule has 2 aliphatic rings. The number of rotatable bonds is 5. The maximum atomic E-state index is 12.4. The van der Waals surface area contributed by atoms with Crippen LogP contribution >= 0.6 is 11.6 Å². The van der Waals surface area contributed by atoms with Crippen LogP contribution in [0.2, 0.25) is 5.02 Å². The quantitative estimate of drug-likeness (QED) is 0.834. The molecule has 6 nitrogen and oxygen atoms in total. The number of ether oxygens (including phenoxy) is 2. The largest absolute Gasteiger partial charge is 0.486 e. The lowest BCUT2D eigenvalue weighted by molar-refractivity contribution is -0.117. The highest BCUT2D eigenvalue weighted by Gasteiger charge is 2.20. The van der Waals surface area contributed by atoms with E-state index in [1.165, 1.54) is 5.56 Å². The van der Waals surface area contributed by atoms with Gasteiger partial charge in [-0.1, -0.05) is 23.7 Å². The van der Waals surface area contributed by atoms with Crippen molar-refractivity contribution in [3.8, 4) is 11.5 Å². The summed E-state index contributed by atoms with van der Waals surface area (Å²) in [5.74, 6) is 1.39. The van der Waals surface area contributed by atoms with E-state index in [2.05, 4.69) is 21.2 Å². The van der Waals surface area contributed by atoms with E-state index in [4.69, 9.17) is 21.1 Å². The number of amides is 1. The van der Waals surface area contributed by atoms with Gasteiger partial charge in [-0.05, 0) is 29.8 Å². The molecule has 0 saturated carbocycles. The van der Waals surface area contributed by atoms with Gasteiger partial charge < -0.3 is 14.8 Å². The molecule has 28 heavy (non-hydrogen) atoms. The molecule has 0 radical (unpaired) electrons. The molecule has 1 fully saturated rings. The molecule has 148 valence electrons. The number of nitrogens with zero attached hydrogens (tertiary/aromatic N) is 2. The van der Waals surface area contributed by atoms with Crippen molar-refractivity contribution in [3.63, 3.8) is 0 Å². The minimum atomic E-state index is -0.0139. The maximum Gasteiger partial charge on any atom is 0.238 e. The second-order valence-electron chi connectivity index (χ2n) is 7.09. The van der Waals surface area contributed by atoms with E-state index in [1.54, 1.807) is 0 Å². The Labute approximate surface area is 170 Å². The molecule has 0 bridgehead atoms. The van der Waals surface area contributed by atoms with Crippen molar-refractivity contribution >= 4 is 23.2 Å². The summed E-state index contributed by atoms with van der Waals surface area (Å²) in [5.41, 5.74) is 1.95. The highest BCUT2D eigenvalue weighted by atomic mass is 35.5. The number of carbonyl (C=O) groups excluding carboxylic acids is 1. The van der Waals surface area contributed by atoms with Crippen molar-refractivity contribution in [1.82, 2.24) is 9.80 Å². The van der Waals surface area contributed by atoms with Gasteiger partial charge in [0, 0.05) is 49.5 Å². The van der Waals surface area contributed by atoms with Crippen LogP contribution in [0.5, 0.6) is 11.5 Å². The van der Waals surface area contributed by atoms with Crippen LogP contribution in [0.3, 0.4) is 0 Å². The third kappa shape index (κ3) is 4.95. The Morgan fingerprint density at radius 3 is 2.50 bits per heavy atom. The molecule has 2 aromatic carbocycles. The second kappa shape index (κ2) is 8.82. The summed E-state index contributed by atoms with van der Waals surface area (Å²) in [7, 11) is 0. The number of halogens is 1. The first-order chi connectivity index (χ1) is 13.7. The Bertz CT molecular complexity index is 837. The first-order valence-electron chi connectivity index (χ1n) is 9.54. The van der Waals surface area contributed by atoms with E-state index in [0.717, 1.165) is 49.2 Å². The van der Waals surface area contributed by atoms with Crippen LogP contribution in [-0.2, 0) is 11.3 Å². The van der Waals surface area contributed by atoms with Gasteiger partial charge in [0.15, 0.2) is 11.5 Å². The number of hydrogen-bond donors (Lipinski definition) is 1. The highest BCUT2D eigenvalue weighted by molar-refractivity contribution is 6.30. The zero-order valence-electron chi connectivity index (χ0n) is 15.7. The summed E-state index contributed by atoms with van der Waals surface area (Å²) in [6, 6.07) is 13.5. The SMILES string of the molecule is O=C(CN1CCN(Cc2cccc(Cl)c2)CC1)Nc1ccc2c(c1)OCCO2. The molecule has 0 unspecified atom stereocenters. The number of fused-ring (bicyclic) bond motifs is 1. The van der Waals surface area contributed by atoms with Gasteiger partial charge in [-0.25, -0.2) is 0 Å². The van der Waals surface area contributed by atoms with E-state index >= 15 is 0 Å². The lowest BCUT2D eigenvalue weighted by Gasteiger charge is -2.34. The molecule has 0 aliphatic carbocycles. The van der Waals surface area contributed by atoms with E-state index in [0.29, 0.717) is 25.5 Å². The van der Waals surface area contributed by atoms with Crippen LogP contribution in [0, 0.1) is 0 Å². The zero-order valence-corrected chi connectivity index (χ0v) is 16.5. The van der Waals surface area contributed by atoms with Gasteiger partial charge in [0.25, 0.3) is 0 Å². The number of carbonyl (C=O) groups is 1. The Balaban J connectivity index is 1.24. The average Bonchev–Trinajstić information content (AvgIpc) is 2.69. The topological polar surface area (TPSA) is 54.0 Å². The minimum Gasteiger partial charge on any atom is -0.486 e. The molecule has 2 aliphatic heterocycles. The fourth-order valence-corrected chi connectivity index (χ4v) is 3.74. The third-order valence-corrected chi connectivity index (χ3v) is 5.19. The van der Waals surface area contributed by atoms with Gasteiger partial charge >= 0.3 is 0 Å². The lowest BCUT2D eigenvalue weighted by Crippen LogP contribution is -2.48. The predicted molar refractivity (Wildman–Crippen MR) is 109 cm³/mol. The van der Waals surface area contributed by atoms with Crippen molar-refractivity contribution in [1.29, 1.82) is 0 Å². The lowest BCUT2D eigenvalue weighted by atomic mass is 10.2. The number of nitrogens with one attached hydrogen (secondary N) is 1. The van der Waals surface area contributed by atoms with Crippen LogP contribution in [0.25, 0.3) is 0 Å². The number of piperazine rings is 1. The molecule has 0 spiro atoms. The van der Waals surface area contributed by atoms with Crippen LogP contribution in [0.1, 0.15) is 5.56 Å². The van der Waals surface area contributed by atoms with Gasteiger partial charge in [-0.15, -0.1) is 0 Å². The molecular formula is C21H24ClN3O3. The predicted octanol–water partition coefficient (Wildman–Crippen LogP) is 2.87. The monoisotopic (exact) mass is 401 g/mol. The van der Waals surface area contributed by atoms with Crippen LogP contribution < -0.4 is 14.8 Å². The summed E-state index contributed by atoms with van der Waals surface area (Å²) in [6.45, 7) is 5.97. The second-order valence-corrected chi connectivity index (χ2v) is 7.53. The van der Waals surface area contributed by atoms with E-state index < -0.39 is 0 Å².